The van der Waals surface area contributed by atoms with Crippen LogP contribution in [0, 0.1) is 6.92 Å². The van der Waals surface area contributed by atoms with Crippen LogP contribution in [-0.2, 0) is 6.54 Å². The molecule has 0 fully saturated rings. The van der Waals surface area contributed by atoms with Gasteiger partial charge in [-0.2, -0.15) is 0 Å². The normalized spacial score (nSPS) is 10.6. The Kier molecular flexibility index (Phi) is 5.11. The van der Waals surface area contributed by atoms with E-state index in [-0.39, 0.29) is 17.0 Å². The summed E-state index contributed by atoms with van der Waals surface area (Å²) in [7, 11) is 0. The molecule has 5 heteroatoms. The number of benzene rings is 1. The molecule has 1 aromatic heterocycles. The van der Waals surface area contributed by atoms with Crippen molar-refractivity contribution in [2.24, 2.45) is 0 Å². The molecule has 2 N–H and O–H groups in total. The number of aromatic carboxylic acids is 1. The van der Waals surface area contributed by atoms with Gasteiger partial charge in [0.15, 0.2) is 0 Å². The summed E-state index contributed by atoms with van der Waals surface area (Å²) in [4.78, 5) is 27.2. The van der Waals surface area contributed by atoms with E-state index in [1.807, 2.05) is 24.3 Å². The molecule has 0 aliphatic carbocycles. The van der Waals surface area contributed by atoms with Crippen molar-refractivity contribution >= 4 is 11.9 Å². The summed E-state index contributed by atoms with van der Waals surface area (Å²) in [6.45, 7) is 6.32. The highest BCUT2D eigenvalue weighted by Gasteiger charge is 2.13. The van der Waals surface area contributed by atoms with E-state index in [2.05, 4.69) is 24.1 Å². The Morgan fingerprint density at radius 2 is 1.87 bits per heavy atom. The van der Waals surface area contributed by atoms with Gasteiger partial charge in [0.1, 0.15) is 0 Å². The maximum absolute atomic E-state index is 12.2. The first kappa shape index (κ1) is 16.7. The topological polar surface area (TPSA) is 79.3 Å². The number of pyridine rings is 1. The zero-order chi connectivity index (χ0) is 17.0. The van der Waals surface area contributed by atoms with Gasteiger partial charge in [-0.05, 0) is 30.0 Å². The molecule has 0 aliphatic heterocycles. The maximum Gasteiger partial charge on any atom is 0.337 e. The number of nitrogens with zero attached hydrogens (tertiary/aromatic N) is 1. The average Bonchev–Trinajstić information content (AvgIpc) is 2.53. The molecule has 0 bridgehead atoms. The molecule has 1 aromatic carbocycles. The molecule has 0 atom stereocenters. The summed E-state index contributed by atoms with van der Waals surface area (Å²) < 4.78 is 0. The lowest BCUT2D eigenvalue weighted by Crippen LogP contribution is -2.24. The summed E-state index contributed by atoms with van der Waals surface area (Å²) in [6, 6.07) is 9.40. The second-order valence-corrected chi connectivity index (χ2v) is 5.74. The van der Waals surface area contributed by atoms with Gasteiger partial charge >= 0.3 is 5.97 Å². The van der Waals surface area contributed by atoms with Crippen LogP contribution in [0.3, 0.4) is 0 Å². The number of aryl methyl sites for hydroxylation is 1. The second kappa shape index (κ2) is 7.05. The van der Waals surface area contributed by atoms with Crippen molar-refractivity contribution in [3.05, 3.63) is 64.5 Å². The number of rotatable bonds is 5. The molecule has 120 valence electrons. The quantitative estimate of drug-likeness (QED) is 0.889. The van der Waals surface area contributed by atoms with Crippen molar-refractivity contribution in [2.75, 3.05) is 0 Å². The Balaban J connectivity index is 2.07. The van der Waals surface area contributed by atoms with Crippen molar-refractivity contribution in [3.63, 3.8) is 0 Å². The predicted octanol–water partition coefficient (Wildman–Crippen LogP) is 3.14. The Hall–Kier alpha value is -2.69. The molecule has 0 saturated heterocycles. The molecule has 0 spiro atoms. The number of carbonyl (C=O) groups excluding carboxylic acids is 1. The Morgan fingerprint density at radius 3 is 2.43 bits per heavy atom. The zero-order valence-corrected chi connectivity index (χ0v) is 13.5. The first-order chi connectivity index (χ1) is 10.9. The third-order valence-electron chi connectivity index (χ3n) is 3.68. The van der Waals surface area contributed by atoms with Crippen molar-refractivity contribution in [3.8, 4) is 0 Å². The highest BCUT2D eigenvalue weighted by molar-refractivity contribution is 5.98. The van der Waals surface area contributed by atoms with Crippen LogP contribution in [-0.4, -0.2) is 22.0 Å². The van der Waals surface area contributed by atoms with Crippen LogP contribution in [0.4, 0.5) is 0 Å². The van der Waals surface area contributed by atoms with Crippen LogP contribution >= 0.6 is 0 Å². The van der Waals surface area contributed by atoms with Gasteiger partial charge in [-0.15, -0.1) is 0 Å². The van der Waals surface area contributed by atoms with Gasteiger partial charge in [-0.1, -0.05) is 38.1 Å². The summed E-state index contributed by atoms with van der Waals surface area (Å²) in [6.07, 6.45) is 1.25. The molecular weight excluding hydrogens is 292 g/mol. The minimum atomic E-state index is -1.10. The fourth-order valence-corrected chi connectivity index (χ4v) is 2.18. The molecule has 23 heavy (non-hydrogen) atoms. The fourth-order valence-electron chi connectivity index (χ4n) is 2.18. The smallest absolute Gasteiger partial charge is 0.337 e. The monoisotopic (exact) mass is 312 g/mol. The minimum Gasteiger partial charge on any atom is -0.478 e. The molecule has 0 radical (unpaired) electrons. The lowest BCUT2D eigenvalue weighted by atomic mass is 10.0. The van der Waals surface area contributed by atoms with Crippen molar-refractivity contribution in [2.45, 2.75) is 33.2 Å². The van der Waals surface area contributed by atoms with E-state index in [0.717, 1.165) is 5.56 Å². The number of hydrogen-bond acceptors (Lipinski definition) is 3. The van der Waals surface area contributed by atoms with Crippen LogP contribution in [0.2, 0.25) is 0 Å². The Morgan fingerprint density at radius 1 is 1.22 bits per heavy atom. The maximum atomic E-state index is 12.2. The highest BCUT2D eigenvalue weighted by Crippen LogP contribution is 2.15. The van der Waals surface area contributed by atoms with E-state index in [0.29, 0.717) is 18.2 Å². The van der Waals surface area contributed by atoms with Gasteiger partial charge in [0, 0.05) is 12.7 Å². The molecule has 1 amide bonds. The number of carboxylic acid groups (broad SMARTS) is 1. The number of carbonyl (C=O) groups is 2. The molecule has 5 nitrogen and oxygen atoms in total. The van der Waals surface area contributed by atoms with Crippen molar-refractivity contribution in [1.29, 1.82) is 0 Å². The lowest BCUT2D eigenvalue weighted by Gasteiger charge is -2.10. The van der Waals surface area contributed by atoms with Gasteiger partial charge in [0.05, 0.1) is 16.8 Å². The number of hydrogen-bond donors (Lipinski definition) is 2. The minimum absolute atomic E-state index is 0.00189. The summed E-state index contributed by atoms with van der Waals surface area (Å²) in [5.74, 6) is -0.965. The van der Waals surface area contributed by atoms with E-state index in [4.69, 9.17) is 5.11 Å². The first-order valence-corrected chi connectivity index (χ1v) is 7.45. The standard InChI is InChI=1S/C18H20N2O3/c1-11(2)14-6-4-13(5-7-14)9-20-17(21)16-8-15(18(22)23)10-19-12(16)3/h4-8,10-11H,9H2,1-3H3,(H,20,21)(H,22,23). The first-order valence-electron chi connectivity index (χ1n) is 7.45. The van der Waals surface area contributed by atoms with Crippen LogP contribution in [0.15, 0.2) is 36.5 Å². The predicted molar refractivity (Wildman–Crippen MR) is 87.6 cm³/mol. The Bertz CT molecular complexity index is 722. The van der Waals surface area contributed by atoms with E-state index in [9.17, 15) is 9.59 Å². The molecule has 0 saturated carbocycles. The molecule has 2 rings (SSSR count). The summed E-state index contributed by atoms with van der Waals surface area (Å²) >= 11 is 0. The molecule has 1 heterocycles. The van der Waals surface area contributed by atoms with E-state index < -0.39 is 5.97 Å². The fraction of sp³-hybridized carbons (Fsp3) is 0.278. The number of amides is 1. The van der Waals surface area contributed by atoms with E-state index in [1.54, 1.807) is 6.92 Å². The SMILES string of the molecule is Cc1ncc(C(=O)O)cc1C(=O)NCc1ccc(C(C)C)cc1. The second-order valence-electron chi connectivity index (χ2n) is 5.74. The van der Waals surface area contributed by atoms with Gasteiger partial charge in [0.25, 0.3) is 5.91 Å². The number of aromatic nitrogens is 1. The molecule has 0 aliphatic rings. The van der Waals surface area contributed by atoms with Gasteiger partial charge < -0.3 is 10.4 Å². The van der Waals surface area contributed by atoms with Gasteiger partial charge in [-0.25, -0.2) is 4.79 Å². The number of nitrogens with one attached hydrogen (secondary N) is 1. The van der Waals surface area contributed by atoms with Crippen LogP contribution in [0.1, 0.15) is 57.3 Å². The highest BCUT2D eigenvalue weighted by atomic mass is 16.4. The van der Waals surface area contributed by atoms with Crippen LogP contribution in [0.25, 0.3) is 0 Å². The molecule has 2 aromatic rings. The average molecular weight is 312 g/mol. The summed E-state index contributed by atoms with van der Waals surface area (Å²) in [5.41, 5.74) is 3.02. The van der Waals surface area contributed by atoms with Crippen molar-refractivity contribution in [1.82, 2.24) is 10.3 Å². The lowest BCUT2D eigenvalue weighted by molar-refractivity contribution is 0.0696. The largest absolute Gasteiger partial charge is 0.478 e. The third kappa shape index (κ3) is 4.16. The van der Waals surface area contributed by atoms with Crippen molar-refractivity contribution < 1.29 is 14.7 Å². The molecule has 0 unspecified atom stereocenters. The van der Waals surface area contributed by atoms with E-state index >= 15 is 0 Å². The Labute approximate surface area is 135 Å². The summed E-state index contributed by atoms with van der Waals surface area (Å²) in [5, 5.41) is 11.8. The third-order valence-corrected chi connectivity index (χ3v) is 3.68. The number of carboxylic acids is 1. The van der Waals surface area contributed by atoms with Gasteiger partial charge in [0.2, 0.25) is 0 Å². The zero-order valence-electron chi connectivity index (χ0n) is 13.5. The molecular formula is C18H20N2O3. The van der Waals surface area contributed by atoms with Gasteiger partial charge in [-0.3, -0.25) is 9.78 Å². The van der Waals surface area contributed by atoms with Crippen LogP contribution < -0.4 is 5.32 Å². The van der Waals surface area contributed by atoms with Crippen LogP contribution in [0.5, 0.6) is 0 Å². The van der Waals surface area contributed by atoms with E-state index in [1.165, 1.54) is 17.8 Å².